The Balaban J connectivity index is 0.645. The fourth-order valence-electron chi connectivity index (χ4n) is 15.1. The van der Waals surface area contributed by atoms with Gasteiger partial charge in [0.1, 0.15) is 29.9 Å². The van der Waals surface area contributed by atoms with Gasteiger partial charge in [-0.1, -0.05) is 113 Å². The second-order valence-corrected chi connectivity index (χ2v) is 26.9. The maximum absolute atomic E-state index is 16.7. The van der Waals surface area contributed by atoms with E-state index in [2.05, 4.69) is 36.5 Å². The van der Waals surface area contributed by atoms with Crippen LogP contribution in [0.5, 0.6) is 0 Å². The number of carbonyl (C=O) groups excluding carboxylic acids is 6. The Morgan fingerprint density at radius 2 is 1.54 bits per heavy atom. The van der Waals surface area contributed by atoms with Crippen LogP contribution in [-0.2, 0) is 54.9 Å². The van der Waals surface area contributed by atoms with Crippen molar-refractivity contribution in [2.24, 2.45) is 10.8 Å². The maximum atomic E-state index is 16.7. The largest absolute Gasteiger partial charge is 0.377 e. The molecular formula is C64H81Cl2FN8O9S. The number of thiazole rings is 1. The molecule has 5 N–H and O–H groups in total. The lowest BCUT2D eigenvalue weighted by molar-refractivity contribution is -0.144. The zero-order valence-corrected chi connectivity index (χ0v) is 51.8. The molecule has 17 nitrogen and oxygen atoms in total. The van der Waals surface area contributed by atoms with Gasteiger partial charge in [-0.15, -0.1) is 11.3 Å². The lowest BCUT2D eigenvalue weighted by Crippen LogP contribution is -2.63. The van der Waals surface area contributed by atoms with Crippen LogP contribution in [-0.4, -0.2) is 139 Å². The summed E-state index contributed by atoms with van der Waals surface area (Å²) < 4.78 is 33.8. The number of hydrogen-bond donors (Lipinski definition) is 5. The molecule has 2 saturated heterocycles. The molecular weight excluding hydrogens is 1150 g/mol. The van der Waals surface area contributed by atoms with Crippen LogP contribution in [0.3, 0.4) is 0 Å². The highest BCUT2D eigenvalue weighted by atomic mass is 35.5. The number of aromatic nitrogens is 1. The molecule has 7 aliphatic rings. The van der Waals surface area contributed by atoms with Crippen molar-refractivity contribution in [1.29, 1.82) is 0 Å². The number of amides is 6. The normalized spacial score (nSPS) is 25.4. The molecule has 3 aromatic carbocycles. The molecule has 11 rings (SSSR count). The van der Waals surface area contributed by atoms with Crippen molar-refractivity contribution < 1.29 is 47.4 Å². The van der Waals surface area contributed by atoms with Crippen molar-refractivity contribution in [3.8, 4) is 10.4 Å². The first-order valence-electron chi connectivity index (χ1n) is 30.3. The van der Waals surface area contributed by atoms with E-state index in [-0.39, 0.29) is 79.8 Å². The van der Waals surface area contributed by atoms with E-state index in [4.69, 9.17) is 37.4 Å². The van der Waals surface area contributed by atoms with Gasteiger partial charge in [-0.05, 0) is 124 Å². The topological polar surface area (TPSA) is 210 Å². The number of carbonyl (C=O) groups is 6. The average molecular weight is 1230 g/mol. The molecule has 0 unspecified atom stereocenters. The minimum Gasteiger partial charge on any atom is -0.377 e. The summed E-state index contributed by atoms with van der Waals surface area (Å²) in [6, 6.07) is 15.8. The lowest BCUT2D eigenvalue weighted by atomic mass is 9.55. The Morgan fingerprint density at radius 1 is 0.847 bits per heavy atom. The third-order valence-electron chi connectivity index (χ3n) is 19.3. The predicted octanol–water partition coefficient (Wildman–Crippen LogP) is 9.16. The minimum absolute atomic E-state index is 0.0252. The van der Waals surface area contributed by atoms with Gasteiger partial charge in [-0.25, -0.2) is 9.37 Å². The zero-order chi connectivity index (χ0) is 60.3. The standard InChI is InChI=1S/C64H81Cl2FN8O9S/c1-6-75-52(50(44-12-10-13-46(66)51(44)67)64(63(75)21-8-7-9-22-63)45-20-19-43(65)36-47(45)71-59(64)81)56(78)73-62-26-23-61(24-27-62,25-28-62)58(80)68-29-31-82-32-33-83-34-35-84-38-49(76)72-54(60(3,4)5)57(79)74-30-11-14-48(74)55(77)69-37-41-15-17-42(18-16-41)53-40(2)70-39-85-53/h10,12-13,15-20,36,39,48,50,52,54H,6-9,11,14,21-35,37-38H2,1-5H3,(H,68,80)(H,69,77)(H,71,81)(H,72,76)(H,73,78)/t48-,50-,52+,54+,61?,62?,64+/m0/s1. The van der Waals surface area contributed by atoms with Crippen LogP contribution in [0.4, 0.5) is 10.1 Å². The van der Waals surface area contributed by atoms with Gasteiger partial charge in [0.2, 0.25) is 35.4 Å². The number of hydrogen-bond acceptors (Lipinski definition) is 12. The number of likely N-dealkylation sites (tertiary alicyclic amines) is 2. The van der Waals surface area contributed by atoms with Crippen LogP contribution in [0.1, 0.15) is 139 Å². The minimum atomic E-state index is -1.32. The first-order valence-corrected chi connectivity index (χ1v) is 31.9. The highest BCUT2D eigenvalue weighted by Crippen LogP contribution is 2.67. The molecule has 85 heavy (non-hydrogen) atoms. The van der Waals surface area contributed by atoms with E-state index in [1.54, 1.807) is 40.5 Å². The first-order chi connectivity index (χ1) is 40.8. The second-order valence-electron chi connectivity index (χ2n) is 25.2. The molecule has 4 heterocycles. The molecule has 4 aromatic rings. The predicted molar refractivity (Wildman–Crippen MR) is 325 cm³/mol. The summed E-state index contributed by atoms with van der Waals surface area (Å²) in [6.07, 6.45) is 8.83. The number of benzene rings is 3. The molecule has 458 valence electrons. The van der Waals surface area contributed by atoms with Gasteiger partial charge in [0, 0.05) is 52.8 Å². The van der Waals surface area contributed by atoms with E-state index in [9.17, 15) is 19.2 Å². The zero-order valence-electron chi connectivity index (χ0n) is 49.5. The molecule has 0 radical (unpaired) electrons. The fourth-order valence-corrected chi connectivity index (χ4v) is 16.3. The molecule has 3 aliphatic heterocycles. The summed E-state index contributed by atoms with van der Waals surface area (Å²) in [5.74, 6) is -3.06. The fraction of sp³-hybridized carbons (Fsp3) is 0.578. The Hall–Kier alpha value is -5.54. The number of nitrogens with one attached hydrogen (secondary N) is 5. The van der Waals surface area contributed by atoms with Crippen LogP contribution in [0.25, 0.3) is 10.4 Å². The monoisotopic (exact) mass is 1230 g/mol. The van der Waals surface area contributed by atoms with E-state index in [1.807, 2.05) is 70.5 Å². The van der Waals surface area contributed by atoms with Crippen LogP contribution in [0.2, 0.25) is 10.0 Å². The van der Waals surface area contributed by atoms with Gasteiger partial charge in [0.25, 0.3) is 0 Å². The molecule has 6 fully saturated rings. The van der Waals surface area contributed by atoms with Crippen LogP contribution >= 0.6 is 34.5 Å². The summed E-state index contributed by atoms with van der Waals surface area (Å²) in [4.78, 5) is 94.2. The SMILES string of the molecule is CCN1[C@@H](C(=O)NC23CCC(C(=O)NCCOCCOCCOCC(=O)N[C@H](C(=O)N4CCC[C@H]4C(=O)NCc4ccc(-c5scnc5C)cc4)C(C)(C)C)(CC2)CC3)[C@H](c2cccc(Cl)c2F)[C@]2(C(=O)Nc3cc(Cl)ccc32)C12CCCCC2. The van der Waals surface area contributed by atoms with Crippen molar-refractivity contribution >= 4 is 75.7 Å². The van der Waals surface area contributed by atoms with Gasteiger partial charge < -0.3 is 45.7 Å². The van der Waals surface area contributed by atoms with Crippen LogP contribution < -0.4 is 26.6 Å². The van der Waals surface area contributed by atoms with E-state index in [0.717, 1.165) is 46.5 Å². The summed E-state index contributed by atoms with van der Waals surface area (Å²) in [5, 5.41) is 16.0. The number of anilines is 1. The molecule has 6 amide bonds. The Kier molecular flexibility index (Phi) is 19.1. The smallest absolute Gasteiger partial charge is 0.246 e. The molecule has 4 saturated carbocycles. The highest BCUT2D eigenvalue weighted by molar-refractivity contribution is 7.13. The Morgan fingerprint density at radius 3 is 2.21 bits per heavy atom. The van der Waals surface area contributed by atoms with Gasteiger partial charge in [0.15, 0.2) is 0 Å². The van der Waals surface area contributed by atoms with Crippen molar-refractivity contribution in [2.45, 2.75) is 165 Å². The number of likely N-dealkylation sites (N-methyl/N-ethyl adjacent to an activating group) is 1. The van der Waals surface area contributed by atoms with Gasteiger partial charge >= 0.3 is 0 Å². The number of aryl methyl sites for hydroxylation is 1. The van der Waals surface area contributed by atoms with Crippen molar-refractivity contribution in [3.05, 3.63) is 104 Å². The van der Waals surface area contributed by atoms with E-state index in [0.29, 0.717) is 101 Å². The summed E-state index contributed by atoms with van der Waals surface area (Å²) in [7, 11) is 0. The Labute approximate surface area is 511 Å². The molecule has 2 spiro atoms. The number of nitrogens with zero attached hydrogens (tertiary/aromatic N) is 3. The maximum Gasteiger partial charge on any atom is 0.246 e. The van der Waals surface area contributed by atoms with E-state index < -0.39 is 63.1 Å². The molecule has 4 aliphatic carbocycles. The van der Waals surface area contributed by atoms with Gasteiger partial charge in [-0.2, -0.15) is 0 Å². The first kappa shape index (κ1) is 62.5. The second kappa shape index (κ2) is 26.0. The molecule has 1 aromatic heterocycles. The summed E-state index contributed by atoms with van der Waals surface area (Å²) in [6.45, 7) is 12.1. The third-order valence-corrected chi connectivity index (χ3v) is 20.8. The number of rotatable bonds is 22. The van der Waals surface area contributed by atoms with Gasteiger partial charge in [0.05, 0.1) is 60.2 Å². The van der Waals surface area contributed by atoms with Crippen LogP contribution in [0.15, 0.2) is 66.2 Å². The average Bonchev–Trinajstić information content (AvgIpc) is 1.52. The number of ether oxygens (including phenoxy) is 3. The Bertz CT molecular complexity index is 3110. The summed E-state index contributed by atoms with van der Waals surface area (Å²) in [5.41, 5.74) is 2.46. The molecule has 2 bridgehead atoms. The third kappa shape index (κ3) is 12.3. The molecule has 5 atom stereocenters. The number of fused-ring (bicyclic) bond motifs is 6. The van der Waals surface area contributed by atoms with Crippen LogP contribution in [0, 0.1) is 23.6 Å². The van der Waals surface area contributed by atoms with Crippen molar-refractivity contribution in [2.75, 3.05) is 64.6 Å². The number of halogens is 3. The van der Waals surface area contributed by atoms with Crippen molar-refractivity contribution in [1.82, 2.24) is 36.1 Å². The van der Waals surface area contributed by atoms with E-state index in [1.165, 1.54) is 6.07 Å². The summed E-state index contributed by atoms with van der Waals surface area (Å²) >= 11 is 14.6. The highest BCUT2D eigenvalue weighted by Gasteiger charge is 2.75. The van der Waals surface area contributed by atoms with Crippen molar-refractivity contribution in [3.63, 3.8) is 0 Å². The quantitative estimate of drug-likeness (QED) is 0.0469. The molecule has 21 heteroatoms. The van der Waals surface area contributed by atoms with Gasteiger partial charge in [-0.3, -0.25) is 33.7 Å². The lowest BCUT2D eigenvalue weighted by Gasteiger charge is -2.53. The van der Waals surface area contributed by atoms with E-state index >= 15 is 14.0 Å².